The summed E-state index contributed by atoms with van der Waals surface area (Å²) in [6.07, 6.45) is 7.41. The van der Waals surface area contributed by atoms with Crippen LogP contribution in [0.3, 0.4) is 0 Å². The molecular formula is C10H17NO2. The van der Waals surface area contributed by atoms with Crippen LogP contribution in [-0.4, -0.2) is 25.7 Å². The molecule has 74 valence electrons. The molecule has 0 rings (SSSR count). The molecule has 0 bridgehead atoms. The molecule has 0 aromatic heterocycles. The molecule has 0 aromatic carbocycles. The summed E-state index contributed by atoms with van der Waals surface area (Å²) in [5.74, 6) is 2.49. The molecule has 0 aliphatic carbocycles. The van der Waals surface area contributed by atoms with Gasteiger partial charge in [0.15, 0.2) is 0 Å². The van der Waals surface area contributed by atoms with E-state index in [2.05, 4.69) is 11.2 Å². The van der Waals surface area contributed by atoms with Crippen LogP contribution in [0.1, 0.15) is 26.2 Å². The van der Waals surface area contributed by atoms with Crippen LogP contribution >= 0.6 is 0 Å². The van der Waals surface area contributed by atoms with E-state index in [4.69, 9.17) is 11.2 Å². The first-order chi connectivity index (χ1) is 6.24. The Morgan fingerprint density at radius 3 is 2.85 bits per heavy atom. The van der Waals surface area contributed by atoms with E-state index in [-0.39, 0.29) is 11.9 Å². The molecule has 0 radical (unpaired) electrons. The molecule has 0 aliphatic rings. The smallest absolute Gasteiger partial charge is 0.223 e. The predicted molar refractivity (Wildman–Crippen MR) is 52.2 cm³/mol. The van der Waals surface area contributed by atoms with Crippen molar-refractivity contribution in [1.82, 2.24) is 5.32 Å². The Kier molecular flexibility index (Phi) is 7.04. The van der Waals surface area contributed by atoms with Gasteiger partial charge in [0.1, 0.15) is 0 Å². The van der Waals surface area contributed by atoms with Crippen LogP contribution in [0.5, 0.6) is 0 Å². The first kappa shape index (κ1) is 12.0. The monoisotopic (exact) mass is 183 g/mol. The molecule has 0 fully saturated rings. The summed E-state index contributed by atoms with van der Waals surface area (Å²) in [6, 6.07) is -0.130. The van der Waals surface area contributed by atoms with E-state index in [1.165, 1.54) is 0 Å². The van der Waals surface area contributed by atoms with Crippen molar-refractivity contribution in [1.29, 1.82) is 0 Å². The van der Waals surface area contributed by atoms with Crippen molar-refractivity contribution in [3.05, 3.63) is 0 Å². The van der Waals surface area contributed by atoms with Crippen molar-refractivity contribution in [3.63, 3.8) is 0 Å². The Balaban J connectivity index is 3.68. The number of nitrogens with one attached hydrogen (secondary N) is 1. The van der Waals surface area contributed by atoms with Crippen molar-refractivity contribution in [2.24, 2.45) is 0 Å². The lowest BCUT2D eigenvalue weighted by Gasteiger charge is -2.11. The largest absolute Gasteiger partial charge is 0.384 e. The number of amides is 1. The SMILES string of the molecule is C#CC(CCC)NC(=O)CCOC. The van der Waals surface area contributed by atoms with E-state index >= 15 is 0 Å². The molecule has 0 heterocycles. The second kappa shape index (κ2) is 7.63. The van der Waals surface area contributed by atoms with Gasteiger partial charge in [-0.1, -0.05) is 19.3 Å². The van der Waals surface area contributed by atoms with Gasteiger partial charge in [0.25, 0.3) is 0 Å². The zero-order valence-corrected chi connectivity index (χ0v) is 8.30. The minimum Gasteiger partial charge on any atom is -0.384 e. The number of terminal acetylenes is 1. The molecule has 3 heteroatoms. The van der Waals surface area contributed by atoms with E-state index in [0.29, 0.717) is 13.0 Å². The maximum absolute atomic E-state index is 11.2. The first-order valence-corrected chi connectivity index (χ1v) is 4.49. The van der Waals surface area contributed by atoms with E-state index < -0.39 is 0 Å². The third-order valence-corrected chi connectivity index (χ3v) is 1.65. The molecule has 0 spiro atoms. The Morgan fingerprint density at radius 2 is 2.38 bits per heavy atom. The van der Waals surface area contributed by atoms with Gasteiger partial charge in [-0.15, -0.1) is 6.42 Å². The molecule has 0 aliphatic heterocycles. The Bertz CT molecular complexity index is 184. The van der Waals surface area contributed by atoms with Gasteiger partial charge in [-0.3, -0.25) is 4.79 Å². The van der Waals surface area contributed by atoms with Gasteiger partial charge in [-0.2, -0.15) is 0 Å². The lowest BCUT2D eigenvalue weighted by molar-refractivity contribution is -0.122. The summed E-state index contributed by atoms with van der Waals surface area (Å²) in [5.41, 5.74) is 0. The van der Waals surface area contributed by atoms with Gasteiger partial charge in [-0.25, -0.2) is 0 Å². The fourth-order valence-electron chi connectivity index (χ4n) is 0.947. The highest BCUT2D eigenvalue weighted by Crippen LogP contribution is 1.95. The lowest BCUT2D eigenvalue weighted by atomic mass is 10.2. The average Bonchev–Trinajstić information content (AvgIpc) is 2.14. The highest BCUT2D eigenvalue weighted by molar-refractivity contribution is 5.76. The van der Waals surface area contributed by atoms with Crippen LogP contribution in [0.25, 0.3) is 0 Å². The number of hydrogen-bond acceptors (Lipinski definition) is 2. The zero-order valence-electron chi connectivity index (χ0n) is 8.30. The normalized spacial score (nSPS) is 11.8. The van der Waals surface area contributed by atoms with Gasteiger partial charge in [-0.05, 0) is 6.42 Å². The molecule has 13 heavy (non-hydrogen) atoms. The number of carbonyl (C=O) groups excluding carboxylic acids is 1. The van der Waals surface area contributed by atoms with Crippen LogP contribution < -0.4 is 5.32 Å². The number of rotatable bonds is 6. The van der Waals surface area contributed by atoms with Crippen molar-refractivity contribution in [3.8, 4) is 12.3 Å². The summed E-state index contributed by atoms with van der Waals surface area (Å²) in [4.78, 5) is 11.2. The summed E-state index contributed by atoms with van der Waals surface area (Å²) in [7, 11) is 1.57. The minimum atomic E-state index is -0.130. The van der Waals surface area contributed by atoms with Crippen molar-refractivity contribution >= 4 is 5.91 Å². The van der Waals surface area contributed by atoms with Crippen LogP contribution in [0.2, 0.25) is 0 Å². The number of carbonyl (C=O) groups is 1. The van der Waals surface area contributed by atoms with Crippen LogP contribution in [0, 0.1) is 12.3 Å². The Morgan fingerprint density at radius 1 is 1.69 bits per heavy atom. The highest BCUT2D eigenvalue weighted by Gasteiger charge is 2.07. The topological polar surface area (TPSA) is 38.3 Å². The maximum atomic E-state index is 11.2. The highest BCUT2D eigenvalue weighted by atomic mass is 16.5. The Labute approximate surface area is 79.8 Å². The molecule has 1 amide bonds. The minimum absolute atomic E-state index is 0.0433. The first-order valence-electron chi connectivity index (χ1n) is 4.49. The van der Waals surface area contributed by atoms with Crippen molar-refractivity contribution in [2.75, 3.05) is 13.7 Å². The molecule has 0 saturated heterocycles. The van der Waals surface area contributed by atoms with Gasteiger partial charge in [0.2, 0.25) is 5.91 Å². The number of methoxy groups -OCH3 is 1. The average molecular weight is 183 g/mol. The fraction of sp³-hybridized carbons (Fsp3) is 0.700. The standard InChI is InChI=1S/C10H17NO2/c1-4-6-9(5-2)11-10(12)7-8-13-3/h2,9H,4,6-8H2,1,3H3,(H,11,12). The summed E-state index contributed by atoms with van der Waals surface area (Å²) in [5, 5.41) is 2.75. The number of ether oxygens (including phenoxy) is 1. The van der Waals surface area contributed by atoms with Crippen LogP contribution in [0.15, 0.2) is 0 Å². The van der Waals surface area contributed by atoms with Gasteiger partial charge < -0.3 is 10.1 Å². The number of hydrogen-bond donors (Lipinski definition) is 1. The molecule has 0 aromatic rings. The molecule has 1 unspecified atom stereocenters. The van der Waals surface area contributed by atoms with E-state index in [1.807, 2.05) is 6.92 Å². The summed E-state index contributed by atoms with van der Waals surface area (Å²) < 4.78 is 4.78. The van der Waals surface area contributed by atoms with Crippen LogP contribution in [-0.2, 0) is 9.53 Å². The molecular weight excluding hydrogens is 166 g/mol. The lowest BCUT2D eigenvalue weighted by Crippen LogP contribution is -2.34. The zero-order chi connectivity index (χ0) is 10.1. The third-order valence-electron chi connectivity index (χ3n) is 1.65. The molecule has 1 N–H and O–H groups in total. The van der Waals surface area contributed by atoms with Crippen molar-refractivity contribution < 1.29 is 9.53 Å². The third kappa shape index (κ3) is 6.18. The summed E-state index contributed by atoms with van der Waals surface area (Å²) in [6.45, 7) is 2.47. The van der Waals surface area contributed by atoms with Gasteiger partial charge in [0, 0.05) is 13.5 Å². The van der Waals surface area contributed by atoms with E-state index in [0.717, 1.165) is 12.8 Å². The van der Waals surface area contributed by atoms with E-state index in [9.17, 15) is 4.79 Å². The quantitative estimate of drug-likeness (QED) is 0.622. The second-order valence-electron chi connectivity index (χ2n) is 2.82. The van der Waals surface area contributed by atoms with E-state index in [1.54, 1.807) is 7.11 Å². The predicted octanol–water partition coefficient (Wildman–Crippen LogP) is 0.941. The summed E-state index contributed by atoms with van der Waals surface area (Å²) >= 11 is 0. The molecule has 1 atom stereocenters. The van der Waals surface area contributed by atoms with Crippen LogP contribution in [0.4, 0.5) is 0 Å². The van der Waals surface area contributed by atoms with Gasteiger partial charge >= 0.3 is 0 Å². The second-order valence-corrected chi connectivity index (χ2v) is 2.82. The Hall–Kier alpha value is -1.01. The molecule has 3 nitrogen and oxygen atoms in total. The van der Waals surface area contributed by atoms with Gasteiger partial charge in [0.05, 0.1) is 12.6 Å². The maximum Gasteiger partial charge on any atom is 0.223 e. The van der Waals surface area contributed by atoms with Crippen molar-refractivity contribution in [2.45, 2.75) is 32.2 Å². The fourth-order valence-corrected chi connectivity index (χ4v) is 0.947. The molecule has 0 saturated carbocycles.